The smallest absolute Gasteiger partial charge is 0.306 e. The predicted octanol–water partition coefficient (Wildman–Crippen LogP) is 7.14. The van der Waals surface area contributed by atoms with Crippen LogP contribution in [0.4, 0.5) is 0 Å². The zero-order chi connectivity index (χ0) is 24.6. The Labute approximate surface area is 213 Å². The summed E-state index contributed by atoms with van der Waals surface area (Å²) in [5.41, 5.74) is 0.823. The van der Waals surface area contributed by atoms with Crippen LogP contribution in [0.1, 0.15) is 112 Å². The van der Waals surface area contributed by atoms with Crippen molar-refractivity contribution >= 4 is 5.97 Å². The zero-order valence-corrected chi connectivity index (χ0v) is 23.0. The van der Waals surface area contributed by atoms with Gasteiger partial charge in [0.25, 0.3) is 0 Å². The van der Waals surface area contributed by atoms with Crippen LogP contribution in [-0.2, 0) is 19.0 Å². The minimum Gasteiger partial charge on any atom is -0.462 e. The van der Waals surface area contributed by atoms with Gasteiger partial charge < -0.3 is 14.2 Å². The quantitative estimate of drug-likeness (QED) is 0.398. The first-order valence-electron chi connectivity index (χ1n) is 15.2. The predicted molar refractivity (Wildman–Crippen MR) is 137 cm³/mol. The molecule has 0 unspecified atom stereocenters. The van der Waals surface area contributed by atoms with Gasteiger partial charge in [0.1, 0.15) is 6.10 Å². The summed E-state index contributed by atoms with van der Waals surface area (Å²) in [5, 5.41) is 0. The third-order valence-corrected chi connectivity index (χ3v) is 12.6. The average molecular weight is 487 g/mol. The highest BCUT2D eigenvalue weighted by molar-refractivity contribution is 5.69. The molecule has 0 aromatic rings. The van der Waals surface area contributed by atoms with Gasteiger partial charge in [0.15, 0.2) is 5.79 Å². The van der Waals surface area contributed by atoms with Crippen LogP contribution in [0.2, 0.25) is 0 Å². The highest BCUT2D eigenvalue weighted by atomic mass is 16.7. The molecule has 2 heterocycles. The van der Waals surface area contributed by atoms with Gasteiger partial charge in [0.05, 0.1) is 12.7 Å². The Bertz CT molecular complexity index is 817. The third-order valence-electron chi connectivity index (χ3n) is 12.6. The van der Waals surface area contributed by atoms with E-state index in [-0.39, 0.29) is 17.9 Å². The van der Waals surface area contributed by atoms with Crippen molar-refractivity contribution in [1.29, 1.82) is 0 Å². The van der Waals surface area contributed by atoms with Gasteiger partial charge in [-0.2, -0.15) is 0 Å². The fraction of sp³-hybridized carbons (Fsp3) is 0.968. The molecule has 6 fully saturated rings. The maximum Gasteiger partial charge on any atom is 0.306 e. The average Bonchev–Trinajstić information content (AvgIpc) is 3.26. The first-order valence-corrected chi connectivity index (χ1v) is 15.2. The largest absolute Gasteiger partial charge is 0.462 e. The van der Waals surface area contributed by atoms with Crippen molar-refractivity contribution in [2.24, 2.45) is 52.3 Å². The number of hydrogen-bond donors (Lipinski definition) is 0. The van der Waals surface area contributed by atoms with Crippen LogP contribution in [0.25, 0.3) is 0 Å². The third kappa shape index (κ3) is 3.69. The molecule has 0 radical (unpaired) electrons. The summed E-state index contributed by atoms with van der Waals surface area (Å²) < 4.78 is 19.3. The summed E-state index contributed by atoms with van der Waals surface area (Å²) in [6, 6.07) is 0. The van der Waals surface area contributed by atoms with Gasteiger partial charge in [-0.3, -0.25) is 4.79 Å². The second kappa shape index (κ2) is 8.72. The molecule has 0 amide bonds. The molecule has 6 aliphatic rings. The van der Waals surface area contributed by atoms with E-state index in [0.29, 0.717) is 41.1 Å². The van der Waals surface area contributed by atoms with Crippen LogP contribution in [0.15, 0.2) is 0 Å². The Morgan fingerprint density at radius 1 is 0.943 bits per heavy atom. The topological polar surface area (TPSA) is 44.8 Å². The van der Waals surface area contributed by atoms with Crippen LogP contribution < -0.4 is 0 Å². The molecule has 4 heteroatoms. The monoisotopic (exact) mass is 486 g/mol. The lowest BCUT2D eigenvalue weighted by Crippen LogP contribution is -2.55. The van der Waals surface area contributed by atoms with E-state index < -0.39 is 0 Å². The van der Waals surface area contributed by atoms with E-state index in [2.05, 4.69) is 34.6 Å². The van der Waals surface area contributed by atoms with E-state index in [1.54, 1.807) is 0 Å². The Hall–Kier alpha value is -0.610. The van der Waals surface area contributed by atoms with Crippen molar-refractivity contribution in [3.63, 3.8) is 0 Å². The Balaban J connectivity index is 1.17. The van der Waals surface area contributed by atoms with Crippen molar-refractivity contribution in [1.82, 2.24) is 0 Å². The summed E-state index contributed by atoms with van der Waals surface area (Å²) in [6.45, 7) is 12.9. The molecule has 2 aliphatic heterocycles. The minimum atomic E-state index is -0.302. The van der Waals surface area contributed by atoms with E-state index >= 15 is 0 Å². The molecular weight excluding hydrogens is 436 g/mol. The molecule has 4 aliphatic carbocycles. The van der Waals surface area contributed by atoms with Gasteiger partial charge in [-0.1, -0.05) is 34.6 Å². The van der Waals surface area contributed by atoms with Gasteiger partial charge in [-0.15, -0.1) is 0 Å². The van der Waals surface area contributed by atoms with Crippen molar-refractivity contribution in [2.75, 3.05) is 6.61 Å². The fourth-order valence-corrected chi connectivity index (χ4v) is 10.8. The van der Waals surface area contributed by atoms with E-state index in [1.807, 2.05) is 0 Å². The number of esters is 1. The summed E-state index contributed by atoms with van der Waals surface area (Å²) >= 11 is 0. The van der Waals surface area contributed by atoms with Crippen LogP contribution in [0.5, 0.6) is 0 Å². The molecule has 12 atom stereocenters. The number of rotatable bonds is 3. The summed E-state index contributed by atoms with van der Waals surface area (Å²) in [4.78, 5) is 12.1. The number of hydrogen-bond acceptors (Lipinski definition) is 4. The molecule has 0 N–H and O–H groups in total. The number of carbonyl (C=O) groups excluding carboxylic acids is 1. The SMILES string of the molecule is CCCC(=O)O[C@@H]1CC[C@@]2(C)[C@H](CC[C@H]3[C@H]4C[C@@H]5O[C@]6(CC[C@H](C)CO6)[C@@H](C)[C@H]5[C@@]4(C)CC[C@@H]32)C1. The lowest BCUT2D eigenvalue weighted by Gasteiger charge is -2.61. The molecule has 4 saturated carbocycles. The molecule has 6 rings (SSSR count). The van der Waals surface area contributed by atoms with Gasteiger partial charge in [0, 0.05) is 18.8 Å². The highest BCUT2D eigenvalue weighted by Crippen LogP contribution is 2.71. The van der Waals surface area contributed by atoms with Gasteiger partial charge in [-0.25, -0.2) is 0 Å². The molecule has 35 heavy (non-hydrogen) atoms. The summed E-state index contributed by atoms with van der Waals surface area (Å²) in [5.74, 6) is 4.74. The second-order valence-corrected chi connectivity index (χ2v) is 14.3. The first kappa shape index (κ1) is 24.7. The molecule has 1 spiro atoms. The molecule has 198 valence electrons. The first-order chi connectivity index (χ1) is 16.7. The molecule has 2 saturated heterocycles. The lowest BCUT2D eigenvalue weighted by atomic mass is 9.44. The zero-order valence-electron chi connectivity index (χ0n) is 23.0. The second-order valence-electron chi connectivity index (χ2n) is 14.3. The minimum absolute atomic E-state index is 0.0176. The van der Waals surface area contributed by atoms with Gasteiger partial charge >= 0.3 is 5.97 Å². The van der Waals surface area contributed by atoms with Crippen molar-refractivity contribution in [2.45, 2.75) is 130 Å². The summed E-state index contributed by atoms with van der Waals surface area (Å²) in [6.07, 6.45) is 14.4. The van der Waals surface area contributed by atoms with Crippen LogP contribution in [0.3, 0.4) is 0 Å². The Morgan fingerprint density at radius 2 is 1.74 bits per heavy atom. The maximum absolute atomic E-state index is 12.1. The number of carbonyl (C=O) groups is 1. The number of ether oxygens (including phenoxy) is 3. The molecule has 0 aromatic carbocycles. The van der Waals surface area contributed by atoms with Crippen LogP contribution in [0, 0.1) is 52.3 Å². The van der Waals surface area contributed by atoms with E-state index in [1.165, 1.54) is 44.9 Å². The maximum atomic E-state index is 12.1. The normalized spacial score (nSPS) is 55.1. The highest BCUT2D eigenvalue weighted by Gasteiger charge is 2.69. The van der Waals surface area contributed by atoms with Gasteiger partial charge in [-0.05, 0) is 111 Å². The number of fused-ring (bicyclic) bond motifs is 7. The molecule has 0 bridgehead atoms. The Morgan fingerprint density at radius 3 is 2.49 bits per heavy atom. The van der Waals surface area contributed by atoms with Crippen LogP contribution in [-0.4, -0.2) is 30.6 Å². The van der Waals surface area contributed by atoms with Crippen molar-refractivity contribution < 1.29 is 19.0 Å². The van der Waals surface area contributed by atoms with Crippen LogP contribution >= 0.6 is 0 Å². The molecular formula is C31H50O4. The van der Waals surface area contributed by atoms with E-state index in [0.717, 1.165) is 56.0 Å². The van der Waals surface area contributed by atoms with Crippen molar-refractivity contribution in [3.05, 3.63) is 0 Å². The summed E-state index contributed by atoms with van der Waals surface area (Å²) in [7, 11) is 0. The molecule has 0 aromatic heterocycles. The fourth-order valence-electron chi connectivity index (χ4n) is 10.8. The van der Waals surface area contributed by atoms with E-state index in [9.17, 15) is 4.79 Å². The van der Waals surface area contributed by atoms with E-state index in [4.69, 9.17) is 14.2 Å². The standard InChI is InChI=1S/C31H50O4/c1-6-7-27(32)34-22-11-13-29(4)21(16-22)8-9-23-24(29)12-14-30(5)25(23)17-26-28(30)20(3)31(35-26)15-10-19(2)18-33-31/h19-26,28H,6-18H2,1-5H3/t19-,20-,21+,22+,23+,24-,25+,26-,28+,29-,30-,31+/m0/s1. The lowest BCUT2D eigenvalue weighted by molar-refractivity contribution is -0.273. The molecule has 4 nitrogen and oxygen atoms in total. The Kier molecular flexibility index (Phi) is 6.15. The van der Waals surface area contributed by atoms with Crippen molar-refractivity contribution in [3.8, 4) is 0 Å². The van der Waals surface area contributed by atoms with Gasteiger partial charge in [0.2, 0.25) is 0 Å².